The molecule has 3 aromatic rings. The quantitative estimate of drug-likeness (QED) is 0.390. The minimum atomic E-state index is -0.628. The number of amidine groups is 1. The maximum Gasteiger partial charge on any atom is 0.289 e. The fraction of sp³-hybridized carbons (Fsp3) is 0.150. The molecule has 1 aliphatic rings. The van der Waals surface area contributed by atoms with E-state index in [9.17, 15) is 9.18 Å². The van der Waals surface area contributed by atoms with E-state index in [1.54, 1.807) is 30.3 Å². The third-order valence-corrected chi connectivity index (χ3v) is 4.87. The van der Waals surface area contributed by atoms with E-state index < -0.39 is 6.04 Å². The van der Waals surface area contributed by atoms with Crippen LogP contribution < -0.4 is 11.1 Å². The van der Waals surface area contributed by atoms with E-state index in [0.29, 0.717) is 40.2 Å². The summed E-state index contributed by atoms with van der Waals surface area (Å²) >= 11 is 6.14. The van der Waals surface area contributed by atoms with E-state index in [1.165, 1.54) is 12.1 Å². The fourth-order valence-corrected chi connectivity index (χ4v) is 3.44. The van der Waals surface area contributed by atoms with Gasteiger partial charge < -0.3 is 20.8 Å². The number of aromatic amines is 1. The number of aliphatic imine (C=N–C) groups is 1. The molecule has 0 aliphatic carbocycles. The van der Waals surface area contributed by atoms with Crippen LogP contribution in [0.15, 0.2) is 47.5 Å². The van der Waals surface area contributed by atoms with Crippen molar-refractivity contribution < 1.29 is 13.9 Å². The molecule has 0 spiro atoms. The molecule has 1 aliphatic heterocycles. The molecule has 4 rings (SSSR count). The number of aromatic nitrogens is 1. The molecule has 5 N–H and O–H groups in total. The third kappa shape index (κ3) is 3.79. The molecule has 1 unspecified atom stereocenters. The molecule has 0 saturated carbocycles. The summed E-state index contributed by atoms with van der Waals surface area (Å²) in [5.41, 5.74) is 8.17. The van der Waals surface area contributed by atoms with E-state index in [0.717, 1.165) is 5.52 Å². The van der Waals surface area contributed by atoms with Gasteiger partial charge in [0.1, 0.15) is 11.9 Å². The van der Waals surface area contributed by atoms with Gasteiger partial charge in [0, 0.05) is 22.5 Å². The molecule has 9 heteroatoms. The Balaban J connectivity index is 1.74. The number of fused-ring (bicyclic) bond motifs is 1. The zero-order chi connectivity index (χ0) is 20.5. The average Bonchev–Trinajstić information content (AvgIpc) is 3.25. The zero-order valence-corrected chi connectivity index (χ0v) is 15.9. The number of amides is 1. The van der Waals surface area contributed by atoms with Crippen molar-refractivity contribution in [1.82, 2.24) is 10.3 Å². The van der Waals surface area contributed by atoms with Crippen LogP contribution in [0.1, 0.15) is 12.0 Å². The molecule has 1 amide bonds. The molecule has 29 heavy (non-hydrogen) atoms. The Kier molecular flexibility index (Phi) is 4.94. The van der Waals surface area contributed by atoms with Crippen LogP contribution in [0.5, 0.6) is 0 Å². The normalized spacial score (nSPS) is 16.8. The van der Waals surface area contributed by atoms with Crippen molar-refractivity contribution in [2.45, 2.75) is 12.5 Å². The molecule has 0 bridgehead atoms. The second-order valence-electron chi connectivity index (χ2n) is 6.57. The van der Waals surface area contributed by atoms with Gasteiger partial charge in [0.05, 0.1) is 11.3 Å². The number of nitrogens with one attached hydrogen (secondary N) is 3. The second-order valence-corrected chi connectivity index (χ2v) is 7.00. The lowest BCUT2D eigenvalue weighted by Gasteiger charge is -2.09. The summed E-state index contributed by atoms with van der Waals surface area (Å²) in [7, 11) is 0. The van der Waals surface area contributed by atoms with Gasteiger partial charge in [0.25, 0.3) is 6.02 Å². The first-order valence-electron chi connectivity index (χ1n) is 8.87. The molecule has 1 atom stereocenters. The standard InChI is InChI=1S/C20H17ClFN5O2/c21-11-3-6-14-13(9-11)16(17(26-14)10-1-4-12(22)5-2-10)18(23)29-20(24)27-15-7-8-25-19(15)28/h1-6,9,15,23,26H,7-8H2,(H2,24,27)(H,25,28). The first-order valence-corrected chi connectivity index (χ1v) is 9.25. The summed E-state index contributed by atoms with van der Waals surface area (Å²) in [5.74, 6) is -0.863. The van der Waals surface area contributed by atoms with Gasteiger partial charge in [-0.3, -0.25) is 10.2 Å². The number of carbonyl (C=O) groups excluding carboxylic acids is 1. The van der Waals surface area contributed by atoms with Gasteiger partial charge in [0.15, 0.2) is 0 Å². The number of hydrogen-bond donors (Lipinski definition) is 4. The Labute approximate surface area is 170 Å². The number of halogens is 2. The Bertz CT molecular complexity index is 1140. The lowest BCUT2D eigenvalue weighted by Crippen LogP contribution is -2.27. The van der Waals surface area contributed by atoms with E-state index >= 15 is 0 Å². The highest BCUT2D eigenvalue weighted by Gasteiger charge is 2.25. The first-order chi connectivity index (χ1) is 13.9. The number of H-pyrrole nitrogens is 1. The largest absolute Gasteiger partial charge is 0.407 e. The van der Waals surface area contributed by atoms with Crippen LogP contribution in [0.2, 0.25) is 5.02 Å². The molecule has 1 fully saturated rings. The maximum atomic E-state index is 13.4. The van der Waals surface area contributed by atoms with E-state index in [-0.39, 0.29) is 23.6 Å². The van der Waals surface area contributed by atoms with Crippen LogP contribution in [0.4, 0.5) is 4.39 Å². The Hall–Kier alpha value is -3.39. The van der Waals surface area contributed by atoms with Gasteiger partial charge in [-0.15, -0.1) is 0 Å². The predicted molar refractivity (Wildman–Crippen MR) is 110 cm³/mol. The Morgan fingerprint density at radius 1 is 1.28 bits per heavy atom. The summed E-state index contributed by atoms with van der Waals surface area (Å²) in [5, 5.41) is 12.3. The van der Waals surface area contributed by atoms with Crippen LogP contribution in [-0.2, 0) is 9.53 Å². The molecular weight excluding hydrogens is 397 g/mol. The number of ether oxygens (including phenoxy) is 1. The summed E-state index contributed by atoms with van der Waals surface area (Å²) in [6.45, 7) is 0.521. The van der Waals surface area contributed by atoms with E-state index in [4.69, 9.17) is 27.5 Å². The van der Waals surface area contributed by atoms with Crippen molar-refractivity contribution in [1.29, 1.82) is 5.41 Å². The lowest BCUT2D eigenvalue weighted by atomic mass is 10.0. The highest BCUT2D eigenvalue weighted by Crippen LogP contribution is 2.32. The van der Waals surface area contributed by atoms with Crippen molar-refractivity contribution in [3.05, 3.63) is 58.9 Å². The van der Waals surface area contributed by atoms with Gasteiger partial charge in [0.2, 0.25) is 11.8 Å². The molecule has 1 aromatic heterocycles. The Morgan fingerprint density at radius 2 is 2.03 bits per heavy atom. The Morgan fingerprint density at radius 3 is 2.72 bits per heavy atom. The van der Waals surface area contributed by atoms with Gasteiger partial charge >= 0.3 is 0 Å². The molecule has 148 valence electrons. The minimum Gasteiger partial charge on any atom is -0.407 e. The topological polar surface area (TPSA) is 116 Å². The smallest absolute Gasteiger partial charge is 0.289 e. The maximum absolute atomic E-state index is 13.4. The van der Waals surface area contributed by atoms with Crippen LogP contribution in [0.25, 0.3) is 22.2 Å². The third-order valence-electron chi connectivity index (χ3n) is 4.63. The van der Waals surface area contributed by atoms with Crippen molar-refractivity contribution >= 4 is 40.3 Å². The molecule has 7 nitrogen and oxygen atoms in total. The number of benzene rings is 2. The van der Waals surface area contributed by atoms with Gasteiger partial charge in [-0.25, -0.2) is 9.38 Å². The summed E-state index contributed by atoms with van der Waals surface area (Å²) in [4.78, 5) is 18.9. The monoisotopic (exact) mass is 413 g/mol. The van der Waals surface area contributed by atoms with Crippen molar-refractivity contribution in [3.8, 4) is 11.3 Å². The van der Waals surface area contributed by atoms with Crippen molar-refractivity contribution in [3.63, 3.8) is 0 Å². The van der Waals surface area contributed by atoms with Crippen molar-refractivity contribution in [2.24, 2.45) is 10.7 Å². The van der Waals surface area contributed by atoms with Gasteiger partial charge in [-0.2, -0.15) is 0 Å². The predicted octanol–water partition coefficient (Wildman–Crippen LogP) is 3.17. The second kappa shape index (κ2) is 7.56. The van der Waals surface area contributed by atoms with Crippen LogP contribution in [0, 0.1) is 11.2 Å². The summed E-state index contributed by atoms with van der Waals surface area (Å²) in [6.07, 6.45) is 0.514. The highest BCUT2D eigenvalue weighted by atomic mass is 35.5. The molecule has 2 heterocycles. The molecular formula is C20H17ClFN5O2. The first kappa shape index (κ1) is 18.9. The van der Waals surface area contributed by atoms with Crippen LogP contribution >= 0.6 is 11.6 Å². The highest BCUT2D eigenvalue weighted by molar-refractivity contribution is 6.31. The zero-order valence-electron chi connectivity index (χ0n) is 15.1. The summed E-state index contributed by atoms with van der Waals surface area (Å²) in [6, 6.07) is 10.1. The summed E-state index contributed by atoms with van der Waals surface area (Å²) < 4.78 is 18.8. The molecule has 0 radical (unpaired) electrons. The number of carbonyl (C=O) groups is 1. The number of rotatable bonds is 3. The van der Waals surface area contributed by atoms with Crippen LogP contribution in [0.3, 0.4) is 0 Å². The van der Waals surface area contributed by atoms with Crippen LogP contribution in [-0.4, -0.2) is 35.4 Å². The molecule has 1 saturated heterocycles. The minimum absolute atomic E-state index is 0.228. The van der Waals surface area contributed by atoms with E-state index in [1.807, 2.05) is 0 Å². The number of nitrogens with zero attached hydrogens (tertiary/aromatic N) is 1. The molecule has 2 aromatic carbocycles. The lowest BCUT2D eigenvalue weighted by molar-refractivity contribution is -0.120. The number of nitrogens with two attached hydrogens (primary N) is 1. The van der Waals surface area contributed by atoms with Gasteiger partial charge in [-0.1, -0.05) is 11.6 Å². The SMILES string of the molecule is N=C(OC(N)=NC1CCNC1=O)c1c(-c2ccc(F)cc2)[nH]c2ccc(Cl)cc12. The van der Waals surface area contributed by atoms with Gasteiger partial charge in [-0.05, 0) is 54.4 Å². The van der Waals surface area contributed by atoms with E-state index in [2.05, 4.69) is 15.3 Å². The number of hydrogen-bond acceptors (Lipinski definition) is 4. The average molecular weight is 414 g/mol. The van der Waals surface area contributed by atoms with Crippen molar-refractivity contribution in [2.75, 3.05) is 6.54 Å². The fourth-order valence-electron chi connectivity index (χ4n) is 3.27.